The molecule has 0 saturated carbocycles. The molecule has 6 heteroatoms. The molecule has 1 aromatic heterocycles. The van der Waals surface area contributed by atoms with Crippen molar-refractivity contribution in [2.45, 2.75) is 13.5 Å². The monoisotopic (exact) mass is 354 g/mol. The zero-order valence-corrected chi connectivity index (χ0v) is 14.8. The van der Waals surface area contributed by atoms with Gasteiger partial charge in [-0.3, -0.25) is 0 Å². The maximum atomic E-state index is 5.99. The molecule has 1 heterocycles. The zero-order chi connectivity index (χ0) is 17.6. The number of hydrogen-bond donors (Lipinski definition) is 2. The van der Waals surface area contributed by atoms with E-state index in [1.165, 1.54) is 0 Å². The lowest BCUT2D eigenvalue weighted by Gasteiger charge is -2.12. The predicted molar refractivity (Wildman–Crippen MR) is 102 cm³/mol. The van der Waals surface area contributed by atoms with Crippen molar-refractivity contribution >= 4 is 29.1 Å². The summed E-state index contributed by atoms with van der Waals surface area (Å²) >= 11 is 5.99. The van der Waals surface area contributed by atoms with Crippen LogP contribution >= 0.6 is 11.6 Å². The second-order valence-corrected chi connectivity index (χ2v) is 5.95. The highest BCUT2D eigenvalue weighted by atomic mass is 35.5. The van der Waals surface area contributed by atoms with E-state index in [-0.39, 0.29) is 0 Å². The lowest BCUT2D eigenvalue weighted by atomic mass is 10.2. The van der Waals surface area contributed by atoms with E-state index in [1.807, 2.05) is 55.5 Å². The molecule has 0 radical (unpaired) electrons. The Morgan fingerprint density at radius 1 is 1.12 bits per heavy atom. The molecule has 5 nitrogen and oxygen atoms in total. The maximum Gasteiger partial charge on any atom is 0.229 e. The lowest BCUT2D eigenvalue weighted by Crippen LogP contribution is -2.05. The van der Waals surface area contributed by atoms with Crippen LogP contribution in [0.3, 0.4) is 0 Å². The number of nitrogens with zero attached hydrogens (tertiary/aromatic N) is 2. The topological polar surface area (TPSA) is 59.1 Å². The summed E-state index contributed by atoms with van der Waals surface area (Å²) < 4.78 is 5.36. The van der Waals surface area contributed by atoms with Gasteiger partial charge in [-0.05, 0) is 42.8 Å². The van der Waals surface area contributed by atoms with E-state index in [0.717, 1.165) is 28.4 Å². The SMILES string of the molecule is COc1ccccc1CNc1ccnc(Nc2ccc(Cl)cc2C)n1. The highest BCUT2D eigenvalue weighted by Crippen LogP contribution is 2.23. The standard InChI is InChI=1S/C19H19ClN4O/c1-13-11-15(20)7-8-16(13)23-19-21-10-9-18(24-19)22-12-14-5-3-4-6-17(14)25-2/h3-11H,12H2,1-2H3,(H2,21,22,23,24). The van der Waals surface area contributed by atoms with E-state index in [1.54, 1.807) is 13.3 Å². The van der Waals surface area contributed by atoms with Crippen molar-refractivity contribution in [2.75, 3.05) is 17.7 Å². The first kappa shape index (κ1) is 17.0. The Morgan fingerprint density at radius 3 is 2.76 bits per heavy atom. The van der Waals surface area contributed by atoms with Crippen LogP contribution in [-0.4, -0.2) is 17.1 Å². The van der Waals surface area contributed by atoms with Crippen molar-refractivity contribution in [1.82, 2.24) is 9.97 Å². The van der Waals surface area contributed by atoms with Gasteiger partial charge in [0.2, 0.25) is 5.95 Å². The van der Waals surface area contributed by atoms with Gasteiger partial charge in [0.1, 0.15) is 11.6 Å². The summed E-state index contributed by atoms with van der Waals surface area (Å²) in [6.45, 7) is 2.60. The van der Waals surface area contributed by atoms with E-state index >= 15 is 0 Å². The van der Waals surface area contributed by atoms with Crippen LogP contribution in [0.15, 0.2) is 54.7 Å². The molecule has 0 aliphatic heterocycles. The summed E-state index contributed by atoms with van der Waals surface area (Å²) in [6, 6.07) is 15.4. The Balaban J connectivity index is 1.71. The maximum absolute atomic E-state index is 5.99. The van der Waals surface area contributed by atoms with Crippen LogP contribution in [0.2, 0.25) is 5.02 Å². The Labute approximate surface area is 152 Å². The van der Waals surface area contributed by atoms with Crippen LogP contribution in [0.5, 0.6) is 5.75 Å². The molecule has 25 heavy (non-hydrogen) atoms. The molecule has 0 aliphatic carbocycles. The van der Waals surface area contributed by atoms with Crippen LogP contribution in [0, 0.1) is 6.92 Å². The third-order valence-electron chi connectivity index (χ3n) is 3.74. The minimum Gasteiger partial charge on any atom is -0.496 e. The third kappa shape index (κ3) is 4.39. The lowest BCUT2D eigenvalue weighted by molar-refractivity contribution is 0.410. The molecule has 0 amide bonds. The fourth-order valence-electron chi connectivity index (χ4n) is 2.44. The van der Waals surface area contributed by atoms with Gasteiger partial charge >= 0.3 is 0 Å². The first-order valence-corrected chi connectivity index (χ1v) is 8.25. The average molecular weight is 355 g/mol. The number of rotatable bonds is 6. The van der Waals surface area contributed by atoms with Gasteiger partial charge in [0.15, 0.2) is 0 Å². The molecular weight excluding hydrogens is 336 g/mol. The van der Waals surface area contributed by atoms with Gasteiger partial charge in [-0.25, -0.2) is 4.98 Å². The van der Waals surface area contributed by atoms with Crippen molar-refractivity contribution < 1.29 is 4.74 Å². The number of aromatic nitrogens is 2. The summed E-state index contributed by atoms with van der Waals surface area (Å²) in [5.74, 6) is 2.10. The summed E-state index contributed by atoms with van der Waals surface area (Å²) in [7, 11) is 1.67. The molecule has 0 aliphatic rings. The molecule has 3 rings (SSSR count). The quantitative estimate of drug-likeness (QED) is 0.665. The van der Waals surface area contributed by atoms with E-state index in [0.29, 0.717) is 17.5 Å². The van der Waals surface area contributed by atoms with Gasteiger partial charge in [-0.2, -0.15) is 4.98 Å². The molecule has 128 valence electrons. The molecule has 0 bridgehead atoms. The molecule has 0 fully saturated rings. The number of methoxy groups -OCH3 is 1. The van der Waals surface area contributed by atoms with Crippen molar-refractivity contribution in [3.63, 3.8) is 0 Å². The summed E-state index contributed by atoms with van der Waals surface area (Å²) in [4.78, 5) is 8.76. The number of anilines is 3. The first-order valence-electron chi connectivity index (χ1n) is 7.87. The van der Waals surface area contributed by atoms with Gasteiger partial charge in [0.05, 0.1) is 7.11 Å². The summed E-state index contributed by atoms with van der Waals surface area (Å²) in [6.07, 6.45) is 1.71. The number of ether oxygens (including phenoxy) is 1. The molecular formula is C19H19ClN4O. The number of para-hydroxylation sites is 1. The molecule has 2 aromatic carbocycles. The average Bonchev–Trinajstić information content (AvgIpc) is 2.63. The molecule has 2 N–H and O–H groups in total. The molecule has 0 saturated heterocycles. The number of nitrogens with one attached hydrogen (secondary N) is 2. The fourth-order valence-corrected chi connectivity index (χ4v) is 2.67. The van der Waals surface area contributed by atoms with Crippen LogP contribution in [0.1, 0.15) is 11.1 Å². The minimum atomic E-state index is 0.524. The van der Waals surface area contributed by atoms with Crippen LogP contribution < -0.4 is 15.4 Å². The third-order valence-corrected chi connectivity index (χ3v) is 3.98. The van der Waals surface area contributed by atoms with Crippen LogP contribution in [0.25, 0.3) is 0 Å². The van der Waals surface area contributed by atoms with E-state index in [2.05, 4.69) is 20.6 Å². The smallest absolute Gasteiger partial charge is 0.229 e. The minimum absolute atomic E-state index is 0.524. The van der Waals surface area contributed by atoms with Gasteiger partial charge in [-0.15, -0.1) is 0 Å². The number of benzene rings is 2. The summed E-state index contributed by atoms with van der Waals surface area (Å²) in [5, 5.41) is 7.21. The second kappa shape index (κ2) is 7.85. The zero-order valence-electron chi connectivity index (χ0n) is 14.1. The Morgan fingerprint density at radius 2 is 1.96 bits per heavy atom. The second-order valence-electron chi connectivity index (χ2n) is 5.52. The van der Waals surface area contributed by atoms with E-state index < -0.39 is 0 Å². The predicted octanol–water partition coefficient (Wildman–Crippen LogP) is 4.80. The van der Waals surface area contributed by atoms with Crippen molar-refractivity contribution in [2.24, 2.45) is 0 Å². The van der Waals surface area contributed by atoms with Crippen molar-refractivity contribution in [3.05, 3.63) is 70.9 Å². The molecule has 0 unspecified atom stereocenters. The molecule has 3 aromatic rings. The summed E-state index contributed by atoms with van der Waals surface area (Å²) in [5.41, 5.74) is 3.02. The normalized spacial score (nSPS) is 10.4. The van der Waals surface area contributed by atoms with E-state index in [9.17, 15) is 0 Å². The van der Waals surface area contributed by atoms with Gasteiger partial charge in [-0.1, -0.05) is 29.8 Å². The fraction of sp³-hybridized carbons (Fsp3) is 0.158. The number of halogens is 1. The highest BCUT2D eigenvalue weighted by molar-refractivity contribution is 6.30. The Kier molecular flexibility index (Phi) is 5.36. The van der Waals surface area contributed by atoms with Gasteiger partial charge in [0, 0.05) is 29.0 Å². The van der Waals surface area contributed by atoms with Gasteiger partial charge in [0.25, 0.3) is 0 Å². The molecule has 0 atom stereocenters. The first-order chi connectivity index (χ1) is 12.2. The largest absolute Gasteiger partial charge is 0.496 e. The van der Waals surface area contributed by atoms with E-state index in [4.69, 9.17) is 16.3 Å². The van der Waals surface area contributed by atoms with Crippen LogP contribution in [0.4, 0.5) is 17.5 Å². The highest BCUT2D eigenvalue weighted by Gasteiger charge is 2.05. The van der Waals surface area contributed by atoms with Gasteiger partial charge < -0.3 is 15.4 Å². The van der Waals surface area contributed by atoms with Crippen LogP contribution in [-0.2, 0) is 6.54 Å². The Hall–Kier alpha value is -2.79. The van der Waals surface area contributed by atoms with Crippen molar-refractivity contribution in [1.29, 1.82) is 0 Å². The Bertz CT molecular complexity index is 870. The molecule has 0 spiro atoms. The van der Waals surface area contributed by atoms with Crippen molar-refractivity contribution in [3.8, 4) is 5.75 Å². The number of aryl methyl sites for hydroxylation is 1. The number of hydrogen-bond acceptors (Lipinski definition) is 5.